The zero-order valence-corrected chi connectivity index (χ0v) is 12.4. The Hall–Kier alpha value is -1.43. The van der Waals surface area contributed by atoms with Crippen LogP contribution in [0.25, 0.3) is 0 Å². The Morgan fingerprint density at radius 1 is 1.24 bits per heavy atom. The number of hydrogen-bond acceptors (Lipinski definition) is 4. The second-order valence-electron chi connectivity index (χ2n) is 6.08. The van der Waals surface area contributed by atoms with E-state index in [4.69, 9.17) is 0 Å². The normalized spacial score (nSPS) is 35.9. The largest absolute Gasteiger partial charge is 0.361 e. The number of aliphatic hydroxyl groups is 1. The molecule has 1 saturated heterocycles. The summed E-state index contributed by atoms with van der Waals surface area (Å²) in [5.41, 5.74) is 0.602. The number of benzene rings is 1. The topological polar surface area (TPSA) is 73.4 Å². The monoisotopic (exact) mass is 289 g/mol. The van der Waals surface area contributed by atoms with Crippen LogP contribution in [-0.2, 0) is 10.3 Å². The minimum absolute atomic E-state index is 0.0727. The van der Waals surface area contributed by atoms with Crippen molar-refractivity contribution in [2.24, 2.45) is 0 Å². The third-order valence-corrected chi connectivity index (χ3v) is 4.91. The third-order valence-electron chi connectivity index (χ3n) is 4.91. The zero-order chi connectivity index (χ0) is 14.9. The first-order chi connectivity index (χ1) is 10.1. The number of carbonyl (C=O) groups excluding carboxylic acids is 1. The Morgan fingerprint density at radius 3 is 2.43 bits per heavy atom. The van der Waals surface area contributed by atoms with Crippen LogP contribution in [0.2, 0.25) is 0 Å². The summed E-state index contributed by atoms with van der Waals surface area (Å²) in [5, 5.41) is 18.8. The molecule has 1 aliphatic heterocycles. The SMILES string of the molecule is CCNC1(c2ccccc2)CCC2(CC1)NC(O)NC2=O. The van der Waals surface area contributed by atoms with Crippen LogP contribution in [0.5, 0.6) is 0 Å². The van der Waals surface area contributed by atoms with Gasteiger partial charge in [0.1, 0.15) is 5.54 Å². The molecule has 1 heterocycles. The number of hydrogen-bond donors (Lipinski definition) is 4. The summed E-state index contributed by atoms with van der Waals surface area (Å²) in [6.45, 7) is 3.00. The summed E-state index contributed by atoms with van der Waals surface area (Å²) in [7, 11) is 0. The molecule has 114 valence electrons. The molecular formula is C16H23N3O2. The first-order valence-corrected chi connectivity index (χ1v) is 7.68. The molecule has 4 N–H and O–H groups in total. The van der Waals surface area contributed by atoms with Gasteiger partial charge in [0.05, 0.1) is 0 Å². The van der Waals surface area contributed by atoms with Crippen LogP contribution < -0.4 is 16.0 Å². The Balaban J connectivity index is 1.82. The van der Waals surface area contributed by atoms with Gasteiger partial charge in [0.2, 0.25) is 5.91 Å². The van der Waals surface area contributed by atoms with Crippen LogP contribution in [0.4, 0.5) is 0 Å². The molecule has 2 aliphatic rings. The Bertz CT molecular complexity index is 510. The van der Waals surface area contributed by atoms with Crippen LogP contribution >= 0.6 is 0 Å². The lowest BCUT2D eigenvalue weighted by Crippen LogP contribution is -2.56. The maximum atomic E-state index is 12.1. The highest BCUT2D eigenvalue weighted by molar-refractivity contribution is 5.88. The van der Waals surface area contributed by atoms with E-state index in [0.29, 0.717) is 0 Å². The van der Waals surface area contributed by atoms with Crippen LogP contribution in [0.1, 0.15) is 38.2 Å². The molecule has 1 spiro atoms. The minimum atomic E-state index is -0.916. The summed E-state index contributed by atoms with van der Waals surface area (Å²) < 4.78 is 0. The molecule has 3 rings (SSSR count). The van der Waals surface area contributed by atoms with Gasteiger partial charge < -0.3 is 15.7 Å². The van der Waals surface area contributed by atoms with Crippen molar-refractivity contribution in [3.05, 3.63) is 35.9 Å². The predicted molar refractivity (Wildman–Crippen MR) is 80.3 cm³/mol. The number of amides is 1. The lowest BCUT2D eigenvalue weighted by Gasteiger charge is -2.44. The lowest BCUT2D eigenvalue weighted by atomic mass is 9.69. The number of aliphatic hydroxyl groups excluding tert-OH is 1. The maximum absolute atomic E-state index is 12.1. The zero-order valence-electron chi connectivity index (χ0n) is 12.4. The summed E-state index contributed by atoms with van der Waals surface area (Å²) >= 11 is 0. The van der Waals surface area contributed by atoms with E-state index in [1.807, 2.05) is 6.07 Å². The predicted octanol–water partition coefficient (Wildman–Crippen LogP) is 0.799. The first-order valence-electron chi connectivity index (χ1n) is 7.68. The van der Waals surface area contributed by atoms with Crippen molar-refractivity contribution in [2.75, 3.05) is 6.54 Å². The standard InChI is InChI=1S/C16H23N3O2/c1-2-17-15(12-6-4-3-5-7-12)8-10-16(11-9-15)13(20)18-14(21)19-16/h3-7,14,17,19,21H,2,8-11H2,1H3,(H,18,20). The molecule has 1 unspecified atom stereocenters. The highest BCUT2D eigenvalue weighted by atomic mass is 16.3. The fraction of sp³-hybridized carbons (Fsp3) is 0.562. The summed E-state index contributed by atoms with van der Waals surface area (Å²) in [5.74, 6) is -0.0758. The molecule has 1 atom stereocenters. The molecule has 2 fully saturated rings. The molecule has 0 bridgehead atoms. The Kier molecular flexibility index (Phi) is 3.73. The number of nitrogens with one attached hydrogen (secondary N) is 3. The molecule has 1 aliphatic carbocycles. The van der Waals surface area contributed by atoms with Crippen molar-refractivity contribution in [3.8, 4) is 0 Å². The molecule has 1 saturated carbocycles. The van der Waals surface area contributed by atoms with Crippen molar-refractivity contribution in [2.45, 2.75) is 50.0 Å². The average molecular weight is 289 g/mol. The minimum Gasteiger partial charge on any atom is -0.361 e. The fourth-order valence-corrected chi connectivity index (χ4v) is 3.76. The first kappa shape index (κ1) is 14.5. The van der Waals surface area contributed by atoms with Crippen LogP contribution in [-0.4, -0.2) is 29.4 Å². The van der Waals surface area contributed by atoms with Gasteiger partial charge in [-0.2, -0.15) is 0 Å². The molecule has 21 heavy (non-hydrogen) atoms. The van der Waals surface area contributed by atoms with E-state index in [1.165, 1.54) is 5.56 Å². The van der Waals surface area contributed by atoms with Gasteiger partial charge in [0.25, 0.3) is 0 Å². The Morgan fingerprint density at radius 2 is 1.90 bits per heavy atom. The molecule has 5 nitrogen and oxygen atoms in total. The molecule has 1 amide bonds. The molecule has 0 radical (unpaired) electrons. The highest BCUT2D eigenvalue weighted by Crippen LogP contribution is 2.42. The van der Waals surface area contributed by atoms with Crippen LogP contribution in [0.15, 0.2) is 30.3 Å². The summed E-state index contributed by atoms with van der Waals surface area (Å²) in [6.07, 6.45) is 2.27. The van der Waals surface area contributed by atoms with Gasteiger partial charge in [-0.25, -0.2) is 0 Å². The summed E-state index contributed by atoms with van der Waals surface area (Å²) in [6, 6.07) is 10.4. The van der Waals surface area contributed by atoms with Gasteiger partial charge >= 0.3 is 0 Å². The maximum Gasteiger partial charge on any atom is 0.243 e. The molecule has 5 heteroatoms. The van der Waals surface area contributed by atoms with Crippen molar-refractivity contribution in [1.29, 1.82) is 0 Å². The second kappa shape index (κ2) is 5.40. The van der Waals surface area contributed by atoms with E-state index >= 15 is 0 Å². The summed E-state index contributed by atoms with van der Waals surface area (Å²) in [4.78, 5) is 12.1. The van der Waals surface area contributed by atoms with E-state index in [2.05, 4.69) is 47.1 Å². The fourth-order valence-electron chi connectivity index (χ4n) is 3.76. The van der Waals surface area contributed by atoms with E-state index in [-0.39, 0.29) is 11.4 Å². The van der Waals surface area contributed by atoms with Crippen molar-refractivity contribution in [1.82, 2.24) is 16.0 Å². The number of rotatable bonds is 3. The smallest absolute Gasteiger partial charge is 0.243 e. The second-order valence-corrected chi connectivity index (χ2v) is 6.08. The van der Waals surface area contributed by atoms with E-state index < -0.39 is 11.9 Å². The number of carbonyl (C=O) groups is 1. The van der Waals surface area contributed by atoms with Crippen molar-refractivity contribution in [3.63, 3.8) is 0 Å². The quantitative estimate of drug-likeness (QED) is 0.664. The van der Waals surface area contributed by atoms with Gasteiger partial charge in [-0.3, -0.25) is 10.1 Å². The van der Waals surface area contributed by atoms with E-state index in [1.54, 1.807) is 0 Å². The van der Waals surface area contributed by atoms with Gasteiger partial charge in [0.15, 0.2) is 6.35 Å². The van der Waals surface area contributed by atoms with Gasteiger partial charge in [-0.15, -0.1) is 0 Å². The van der Waals surface area contributed by atoms with E-state index in [9.17, 15) is 9.90 Å². The molecule has 0 aromatic heterocycles. The van der Waals surface area contributed by atoms with Crippen molar-refractivity contribution < 1.29 is 9.90 Å². The third kappa shape index (κ3) is 2.46. The van der Waals surface area contributed by atoms with E-state index in [0.717, 1.165) is 32.2 Å². The molecule has 1 aromatic carbocycles. The lowest BCUT2D eigenvalue weighted by molar-refractivity contribution is -0.126. The van der Waals surface area contributed by atoms with Gasteiger partial charge in [-0.1, -0.05) is 37.3 Å². The van der Waals surface area contributed by atoms with Crippen LogP contribution in [0, 0.1) is 0 Å². The van der Waals surface area contributed by atoms with Gasteiger partial charge in [-0.05, 0) is 37.8 Å². The van der Waals surface area contributed by atoms with Crippen molar-refractivity contribution >= 4 is 5.91 Å². The average Bonchev–Trinajstić information content (AvgIpc) is 2.77. The Labute approximate surface area is 125 Å². The van der Waals surface area contributed by atoms with Crippen LogP contribution in [0.3, 0.4) is 0 Å². The molecule has 1 aromatic rings. The van der Waals surface area contributed by atoms with Gasteiger partial charge in [0, 0.05) is 5.54 Å². The molecular weight excluding hydrogens is 266 g/mol. The highest BCUT2D eigenvalue weighted by Gasteiger charge is 2.51.